The van der Waals surface area contributed by atoms with Crippen molar-refractivity contribution < 1.29 is 4.79 Å². The summed E-state index contributed by atoms with van der Waals surface area (Å²) >= 11 is 0. The number of benzene rings is 3. The molecule has 170 valence electrons. The molecule has 6 nitrogen and oxygen atoms in total. The van der Waals surface area contributed by atoms with Crippen molar-refractivity contribution in [3.63, 3.8) is 0 Å². The highest BCUT2D eigenvalue weighted by molar-refractivity contribution is 5.98. The van der Waals surface area contributed by atoms with Crippen molar-refractivity contribution in [2.75, 3.05) is 5.32 Å². The summed E-state index contributed by atoms with van der Waals surface area (Å²) in [6, 6.07) is 29.3. The number of nitrogens with zero attached hydrogens (tertiary/aromatic N) is 4. The van der Waals surface area contributed by atoms with E-state index < -0.39 is 5.92 Å². The zero-order valence-corrected chi connectivity index (χ0v) is 19.4. The fourth-order valence-electron chi connectivity index (χ4n) is 4.35. The van der Waals surface area contributed by atoms with Gasteiger partial charge in [0.15, 0.2) is 11.6 Å². The van der Waals surface area contributed by atoms with Crippen molar-refractivity contribution in [1.82, 2.24) is 14.8 Å². The third kappa shape index (κ3) is 4.16. The van der Waals surface area contributed by atoms with E-state index in [1.54, 1.807) is 0 Å². The van der Waals surface area contributed by atoms with Crippen molar-refractivity contribution >= 4 is 22.6 Å². The summed E-state index contributed by atoms with van der Waals surface area (Å²) in [5.41, 5.74) is 4.92. The lowest BCUT2D eigenvalue weighted by Gasteiger charge is -2.19. The Kier molecular flexibility index (Phi) is 5.82. The molecule has 0 radical (unpaired) electrons. The number of amides is 1. The standard InChI is InChI=1S/C29H23N5O/c1-19-10-9-15-24-20(2)16-25(32-27(19)24)34-28(23(17-30)18-31-34)33-29(35)26(21-11-5-3-6-12-21)22-13-7-4-8-14-22/h3-16,18,26H,1-2H3,(H,33,35). The molecule has 1 amide bonds. The van der Waals surface area contributed by atoms with Gasteiger partial charge >= 0.3 is 0 Å². The van der Waals surface area contributed by atoms with E-state index in [9.17, 15) is 10.1 Å². The molecule has 0 spiro atoms. The molecule has 0 aliphatic rings. The molecule has 2 heterocycles. The summed E-state index contributed by atoms with van der Waals surface area (Å²) in [7, 11) is 0. The van der Waals surface area contributed by atoms with Crippen molar-refractivity contribution in [2.24, 2.45) is 0 Å². The lowest BCUT2D eigenvalue weighted by molar-refractivity contribution is -0.116. The number of aromatic nitrogens is 3. The monoisotopic (exact) mass is 457 g/mol. The van der Waals surface area contributed by atoms with Crippen LogP contribution in [0.1, 0.15) is 33.7 Å². The highest BCUT2D eigenvalue weighted by Crippen LogP contribution is 2.29. The number of para-hydroxylation sites is 1. The molecule has 5 rings (SSSR count). The number of pyridine rings is 1. The number of aryl methyl sites for hydroxylation is 2. The molecule has 3 aromatic carbocycles. The van der Waals surface area contributed by atoms with Crippen LogP contribution in [-0.2, 0) is 4.79 Å². The Bertz CT molecular complexity index is 1530. The van der Waals surface area contributed by atoms with Crippen LogP contribution in [0.2, 0.25) is 0 Å². The van der Waals surface area contributed by atoms with E-state index in [4.69, 9.17) is 4.98 Å². The van der Waals surface area contributed by atoms with Crippen LogP contribution >= 0.6 is 0 Å². The van der Waals surface area contributed by atoms with Crippen LogP contribution < -0.4 is 5.32 Å². The third-order valence-electron chi connectivity index (χ3n) is 6.11. The summed E-state index contributed by atoms with van der Waals surface area (Å²) in [4.78, 5) is 18.5. The molecule has 1 N–H and O–H groups in total. The molecule has 0 atom stereocenters. The average molecular weight is 458 g/mol. The molecule has 35 heavy (non-hydrogen) atoms. The second-order valence-electron chi connectivity index (χ2n) is 8.44. The number of carbonyl (C=O) groups is 1. The number of nitrogens with one attached hydrogen (secondary N) is 1. The van der Waals surface area contributed by atoms with Gasteiger partial charge in [0.05, 0.1) is 17.6 Å². The van der Waals surface area contributed by atoms with Gasteiger partial charge < -0.3 is 5.32 Å². The second-order valence-corrected chi connectivity index (χ2v) is 8.44. The Balaban J connectivity index is 1.59. The SMILES string of the molecule is Cc1cc(-n2ncc(C#N)c2NC(=O)C(c2ccccc2)c2ccccc2)nc2c(C)cccc12. The number of carbonyl (C=O) groups excluding carboxylic acids is 1. The van der Waals surface area contributed by atoms with E-state index in [1.165, 1.54) is 10.9 Å². The Morgan fingerprint density at radius 3 is 2.20 bits per heavy atom. The van der Waals surface area contributed by atoms with Gasteiger partial charge in [-0.15, -0.1) is 0 Å². The number of hydrogen-bond acceptors (Lipinski definition) is 4. The zero-order chi connectivity index (χ0) is 24.4. The Labute approximate surface area is 203 Å². The van der Waals surface area contributed by atoms with Crippen LogP contribution in [0.5, 0.6) is 0 Å². The number of anilines is 1. The highest BCUT2D eigenvalue weighted by atomic mass is 16.2. The first kappa shape index (κ1) is 22.1. The molecule has 6 heteroatoms. The molecule has 2 aromatic heterocycles. The van der Waals surface area contributed by atoms with Crippen LogP contribution in [0, 0.1) is 25.2 Å². The molecule has 0 fully saturated rings. The van der Waals surface area contributed by atoms with Gasteiger partial charge in [0.2, 0.25) is 5.91 Å². The molecular weight excluding hydrogens is 434 g/mol. The van der Waals surface area contributed by atoms with Gasteiger partial charge in [0, 0.05) is 5.39 Å². The maximum atomic E-state index is 13.7. The minimum absolute atomic E-state index is 0.255. The fraction of sp³-hybridized carbons (Fsp3) is 0.103. The largest absolute Gasteiger partial charge is 0.309 e. The third-order valence-corrected chi connectivity index (χ3v) is 6.11. The van der Waals surface area contributed by atoms with Gasteiger partial charge in [-0.25, -0.2) is 4.98 Å². The second kappa shape index (κ2) is 9.24. The number of fused-ring (bicyclic) bond motifs is 1. The molecule has 0 unspecified atom stereocenters. The first-order valence-corrected chi connectivity index (χ1v) is 11.3. The predicted octanol–water partition coefficient (Wildman–Crippen LogP) is 5.68. The van der Waals surface area contributed by atoms with Crippen LogP contribution in [-0.4, -0.2) is 20.7 Å². The summed E-state index contributed by atoms with van der Waals surface area (Å²) in [6.07, 6.45) is 1.45. The van der Waals surface area contributed by atoms with E-state index >= 15 is 0 Å². The number of nitriles is 1. The van der Waals surface area contributed by atoms with Crippen LogP contribution in [0.15, 0.2) is 91.1 Å². The molecule has 5 aromatic rings. The van der Waals surface area contributed by atoms with Gasteiger partial charge in [0.1, 0.15) is 11.6 Å². The summed E-state index contributed by atoms with van der Waals surface area (Å²) in [5, 5.41) is 18.2. The maximum absolute atomic E-state index is 13.7. The zero-order valence-electron chi connectivity index (χ0n) is 19.4. The Hall–Kier alpha value is -4.76. The Morgan fingerprint density at radius 2 is 1.57 bits per heavy atom. The molecule has 0 aliphatic carbocycles. The minimum atomic E-state index is -0.555. The molecule has 0 saturated heterocycles. The lowest BCUT2D eigenvalue weighted by Crippen LogP contribution is -2.24. The maximum Gasteiger partial charge on any atom is 0.237 e. The molecule has 0 saturated carbocycles. The van der Waals surface area contributed by atoms with Gasteiger partial charge in [-0.3, -0.25) is 4.79 Å². The van der Waals surface area contributed by atoms with Crippen molar-refractivity contribution in [1.29, 1.82) is 5.26 Å². The van der Waals surface area contributed by atoms with Crippen LogP contribution in [0.3, 0.4) is 0 Å². The highest BCUT2D eigenvalue weighted by Gasteiger charge is 2.25. The van der Waals surface area contributed by atoms with E-state index in [0.29, 0.717) is 11.6 Å². The Morgan fingerprint density at radius 1 is 0.914 bits per heavy atom. The first-order valence-electron chi connectivity index (χ1n) is 11.3. The van der Waals surface area contributed by atoms with Crippen LogP contribution in [0.4, 0.5) is 5.82 Å². The van der Waals surface area contributed by atoms with E-state index in [-0.39, 0.29) is 11.5 Å². The lowest BCUT2D eigenvalue weighted by atomic mass is 9.90. The normalized spacial score (nSPS) is 10.9. The van der Waals surface area contributed by atoms with Crippen molar-refractivity contribution in [3.05, 3.63) is 119 Å². The quantitative estimate of drug-likeness (QED) is 0.368. The predicted molar refractivity (Wildman–Crippen MR) is 136 cm³/mol. The van der Waals surface area contributed by atoms with Crippen molar-refractivity contribution in [2.45, 2.75) is 19.8 Å². The van der Waals surface area contributed by atoms with E-state index in [1.807, 2.05) is 98.8 Å². The topological polar surface area (TPSA) is 83.6 Å². The number of rotatable bonds is 5. The molecule has 0 bridgehead atoms. The number of hydrogen-bond donors (Lipinski definition) is 1. The van der Waals surface area contributed by atoms with E-state index in [2.05, 4.69) is 16.5 Å². The van der Waals surface area contributed by atoms with Gasteiger partial charge in [-0.2, -0.15) is 15.0 Å². The molecule has 0 aliphatic heterocycles. The summed E-state index contributed by atoms with van der Waals surface area (Å²) in [5.74, 6) is 0.0291. The van der Waals surface area contributed by atoms with Gasteiger partial charge in [0.25, 0.3) is 0 Å². The van der Waals surface area contributed by atoms with Crippen molar-refractivity contribution in [3.8, 4) is 11.9 Å². The summed E-state index contributed by atoms with van der Waals surface area (Å²) in [6.45, 7) is 4.02. The van der Waals surface area contributed by atoms with E-state index in [0.717, 1.165) is 33.2 Å². The first-order chi connectivity index (χ1) is 17.1. The average Bonchev–Trinajstić information content (AvgIpc) is 3.28. The van der Waals surface area contributed by atoms with Crippen LogP contribution in [0.25, 0.3) is 16.7 Å². The van der Waals surface area contributed by atoms with Gasteiger partial charge in [-0.05, 0) is 42.2 Å². The molecular formula is C29H23N5O. The minimum Gasteiger partial charge on any atom is -0.309 e. The van der Waals surface area contributed by atoms with Gasteiger partial charge in [-0.1, -0.05) is 78.9 Å². The summed E-state index contributed by atoms with van der Waals surface area (Å²) < 4.78 is 1.53. The fourth-order valence-corrected chi connectivity index (χ4v) is 4.35. The smallest absolute Gasteiger partial charge is 0.237 e.